The molecule has 0 saturated carbocycles. The van der Waals surface area contributed by atoms with Crippen LogP contribution >= 0.6 is 11.8 Å². The van der Waals surface area contributed by atoms with E-state index in [0.717, 1.165) is 44.9 Å². The molecule has 0 aromatic rings. The van der Waals surface area contributed by atoms with Gasteiger partial charge in [-0.25, -0.2) is 0 Å². The molecule has 0 spiro atoms. The van der Waals surface area contributed by atoms with Gasteiger partial charge in [-0.05, 0) is 58.1 Å². The number of ether oxygens (including phenoxy) is 1. The van der Waals surface area contributed by atoms with Gasteiger partial charge in [0.05, 0.1) is 6.61 Å². The van der Waals surface area contributed by atoms with Crippen molar-refractivity contribution in [2.75, 3.05) is 12.9 Å². The smallest absolute Gasteiger partial charge is 0.319 e. The molecule has 0 N–H and O–H groups in total. The first-order valence-electron chi connectivity index (χ1n) is 9.70. The van der Waals surface area contributed by atoms with Crippen LogP contribution in [-0.2, 0) is 9.53 Å². The second-order valence-electron chi connectivity index (χ2n) is 5.76. The molecule has 0 rings (SSSR count). The van der Waals surface area contributed by atoms with Crippen molar-refractivity contribution in [3.05, 3.63) is 60.8 Å². The van der Waals surface area contributed by atoms with Crippen LogP contribution in [-0.4, -0.2) is 24.1 Å². The highest BCUT2D eigenvalue weighted by molar-refractivity contribution is 7.99. The molecule has 0 aromatic heterocycles. The van der Waals surface area contributed by atoms with Crippen LogP contribution in [0.25, 0.3) is 0 Å². The minimum absolute atomic E-state index is 0.0800. The summed E-state index contributed by atoms with van der Waals surface area (Å²) in [5.74, 6) is -0.108. The Balaban J connectivity index is 3.70. The Kier molecular flexibility index (Phi) is 18.7. The van der Waals surface area contributed by atoms with Crippen molar-refractivity contribution in [2.45, 2.75) is 64.0 Å². The largest absolute Gasteiger partial charge is 0.465 e. The summed E-state index contributed by atoms with van der Waals surface area (Å²) in [6.07, 6.45) is 30.8. The maximum absolute atomic E-state index is 11.7. The number of rotatable bonds is 15. The number of hydrogen-bond acceptors (Lipinski definition) is 3. The van der Waals surface area contributed by atoms with E-state index in [1.807, 2.05) is 13.2 Å². The van der Waals surface area contributed by atoms with Gasteiger partial charge in [0.25, 0.3) is 0 Å². The van der Waals surface area contributed by atoms with Crippen LogP contribution < -0.4 is 0 Å². The quantitative estimate of drug-likeness (QED) is 0.178. The molecule has 0 radical (unpaired) electrons. The molecule has 0 aliphatic rings. The van der Waals surface area contributed by atoms with Gasteiger partial charge in [0.2, 0.25) is 0 Å². The summed E-state index contributed by atoms with van der Waals surface area (Å²) in [4.78, 5) is 11.7. The van der Waals surface area contributed by atoms with Crippen molar-refractivity contribution < 1.29 is 9.53 Å². The van der Waals surface area contributed by atoms with Crippen LogP contribution in [0.4, 0.5) is 0 Å². The van der Waals surface area contributed by atoms with Gasteiger partial charge in [0, 0.05) is 0 Å². The van der Waals surface area contributed by atoms with Crippen LogP contribution in [0.2, 0.25) is 0 Å². The molecule has 0 aliphatic heterocycles. The van der Waals surface area contributed by atoms with E-state index in [1.54, 1.807) is 11.8 Å². The van der Waals surface area contributed by atoms with Crippen molar-refractivity contribution >= 4 is 17.7 Å². The molecule has 26 heavy (non-hydrogen) atoms. The second-order valence-corrected chi connectivity index (χ2v) is 6.80. The van der Waals surface area contributed by atoms with Crippen LogP contribution in [0.5, 0.6) is 0 Å². The monoisotopic (exact) mass is 376 g/mol. The lowest BCUT2D eigenvalue weighted by molar-refractivity contribution is -0.142. The predicted octanol–water partition coefficient (Wildman–Crippen LogP) is 6.81. The summed E-state index contributed by atoms with van der Waals surface area (Å²) in [7, 11) is 0. The molecule has 2 nitrogen and oxygen atoms in total. The van der Waals surface area contributed by atoms with E-state index in [2.05, 4.69) is 67.7 Å². The molecule has 0 aliphatic carbocycles. The number of thioether (sulfide) groups is 1. The van der Waals surface area contributed by atoms with Gasteiger partial charge in [-0.2, -0.15) is 0 Å². The molecule has 1 unspecified atom stereocenters. The molecule has 0 fully saturated rings. The summed E-state index contributed by atoms with van der Waals surface area (Å²) in [6.45, 7) is 4.45. The molecule has 0 aromatic carbocycles. The first kappa shape index (κ1) is 24.5. The van der Waals surface area contributed by atoms with Crippen LogP contribution in [0.15, 0.2) is 60.8 Å². The molecule has 0 heterocycles. The minimum atomic E-state index is -0.108. The first-order valence-corrected chi connectivity index (χ1v) is 11.0. The third-order valence-electron chi connectivity index (χ3n) is 3.57. The molecular weight excluding hydrogens is 340 g/mol. The minimum Gasteiger partial charge on any atom is -0.465 e. The maximum Gasteiger partial charge on any atom is 0.319 e. The third-order valence-corrected chi connectivity index (χ3v) is 4.52. The van der Waals surface area contributed by atoms with Crippen molar-refractivity contribution in [2.24, 2.45) is 0 Å². The number of carbonyl (C=O) groups excluding carboxylic acids is 1. The van der Waals surface area contributed by atoms with E-state index in [9.17, 15) is 4.79 Å². The topological polar surface area (TPSA) is 26.3 Å². The first-order chi connectivity index (χ1) is 12.8. The van der Waals surface area contributed by atoms with Crippen LogP contribution in [0, 0.1) is 0 Å². The lowest BCUT2D eigenvalue weighted by Crippen LogP contribution is -2.19. The molecule has 0 bridgehead atoms. The van der Waals surface area contributed by atoms with Crippen molar-refractivity contribution in [1.29, 1.82) is 0 Å². The van der Waals surface area contributed by atoms with E-state index in [-0.39, 0.29) is 11.2 Å². The number of unbranched alkanes of at least 4 members (excludes halogenated alkanes) is 1. The Labute approximate surface area is 165 Å². The second kappa shape index (κ2) is 19.8. The summed E-state index contributed by atoms with van der Waals surface area (Å²) in [5, 5.41) is -0.0800. The zero-order valence-electron chi connectivity index (χ0n) is 16.7. The summed E-state index contributed by atoms with van der Waals surface area (Å²) >= 11 is 1.55. The number of allylic oxidation sites excluding steroid dienone is 10. The summed E-state index contributed by atoms with van der Waals surface area (Å²) in [5.41, 5.74) is 0. The number of esters is 1. The lowest BCUT2D eigenvalue weighted by Gasteiger charge is -2.10. The van der Waals surface area contributed by atoms with E-state index < -0.39 is 0 Å². The average molecular weight is 377 g/mol. The van der Waals surface area contributed by atoms with Crippen molar-refractivity contribution in [1.82, 2.24) is 0 Å². The van der Waals surface area contributed by atoms with E-state index in [4.69, 9.17) is 4.74 Å². The molecule has 0 saturated heterocycles. The zero-order valence-corrected chi connectivity index (χ0v) is 17.5. The van der Waals surface area contributed by atoms with Crippen LogP contribution in [0.3, 0.4) is 0 Å². The highest BCUT2D eigenvalue weighted by Crippen LogP contribution is 2.14. The average Bonchev–Trinajstić information content (AvgIpc) is 2.64. The Hall–Kier alpha value is -1.48. The lowest BCUT2D eigenvalue weighted by atomic mass is 10.2. The van der Waals surface area contributed by atoms with Gasteiger partial charge >= 0.3 is 5.97 Å². The zero-order chi connectivity index (χ0) is 19.3. The number of carbonyl (C=O) groups is 1. The van der Waals surface area contributed by atoms with Gasteiger partial charge in [-0.1, -0.05) is 67.7 Å². The van der Waals surface area contributed by atoms with Gasteiger partial charge in [-0.15, -0.1) is 11.8 Å². The summed E-state index contributed by atoms with van der Waals surface area (Å²) in [6, 6.07) is 0. The van der Waals surface area contributed by atoms with Gasteiger partial charge in [0.1, 0.15) is 5.25 Å². The molecule has 1 atom stereocenters. The van der Waals surface area contributed by atoms with E-state index in [0.29, 0.717) is 6.61 Å². The number of hydrogen-bond donors (Lipinski definition) is 0. The van der Waals surface area contributed by atoms with Crippen molar-refractivity contribution in [3.63, 3.8) is 0 Å². The third kappa shape index (κ3) is 16.0. The standard InChI is InChI=1S/C23H36O2S/c1-4-6-7-8-9-10-11-12-13-14-15-16-17-18-19-20-21-22(26-3)23(24)25-5-2/h6-7,9-10,12-13,15-16,19-20,22H,4-5,8,11,14,17-18,21H2,1-3H3/b7-6-,10-9-,13-12-,16-15-,20-19+. The summed E-state index contributed by atoms with van der Waals surface area (Å²) < 4.78 is 5.06. The van der Waals surface area contributed by atoms with Gasteiger partial charge < -0.3 is 4.74 Å². The van der Waals surface area contributed by atoms with E-state index >= 15 is 0 Å². The fourth-order valence-electron chi connectivity index (χ4n) is 2.15. The Morgan fingerprint density at radius 1 is 0.808 bits per heavy atom. The van der Waals surface area contributed by atoms with E-state index in [1.165, 1.54) is 0 Å². The maximum atomic E-state index is 11.7. The highest BCUT2D eigenvalue weighted by Gasteiger charge is 2.16. The fraction of sp³-hybridized carbons (Fsp3) is 0.522. The Morgan fingerprint density at radius 3 is 1.81 bits per heavy atom. The highest BCUT2D eigenvalue weighted by atomic mass is 32.2. The Bertz CT molecular complexity index is 473. The molecule has 0 amide bonds. The molecule has 146 valence electrons. The van der Waals surface area contributed by atoms with Crippen molar-refractivity contribution in [3.8, 4) is 0 Å². The molecule has 3 heteroatoms. The fourth-order valence-corrected chi connectivity index (χ4v) is 2.72. The normalized spacial score (nSPS) is 13.8. The Morgan fingerprint density at radius 2 is 1.31 bits per heavy atom. The van der Waals surface area contributed by atoms with Crippen LogP contribution in [0.1, 0.15) is 58.8 Å². The predicted molar refractivity (Wildman–Crippen MR) is 118 cm³/mol. The van der Waals surface area contributed by atoms with Gasteiger partial charge in [0.15, 0.2) is 0 Å². The van der Waals surface area contributed by atoms with Gasteiger partial charge in [-0.3, -0.25) is 4.79 Å². The SMILES string of the molecule is CC/C=C\C/C=C\C/C=C\C/C=C\CC/C=C/CC(SC)C(=O)OCC. The molecular formula is C23H36O2S.